The minimum Gasteiger partial charge on any atom is -0.496 e. The summed E-state index contributed by atoms with van der Waals surface area (Å²) in [6.45, 7) is 2.03. The van der Waals surface area contributed by atoms with Crippen molar-refractivity contribution < 1.29 is 14.6 Å². The van der Waals surface area contributed by atoms with E-state index in [1.165, 1.54) is 0 Å². The van der Waals surface area contributed by atoms with Gasteiger partial charge in [-0.1, -0.05) is 19.1 Å². The highest BCUT2D eigenvalue weighted by molar-refractivity contribution is 5.73. The highest BCUT2D eigenvalue weighted by atomic mass is 16.5. The van der Waals surface area contributed by atoms with E-state index in [1.54, 1.807) is 7.11 Å². The van der Waals surface area contributed by atoms with Gasteiger partial charge < -0.3 is 15.6 Å². The molecule has 0 radical (unpaired) electrons. The Labute approximate surface area is 95.0 Å². The van der Waals surface area contributed by atoms with E-state index < -0.39 is 12.0 Å². The van der Waals surface area contributed by atoms with Crippen molar-refractivity contribution in [1.82, 2.24) is 0 Å². The van der Waals surface area contributed by atoms with Gasteiger partial charge in [-0.2, -0.15) is 0 Å². The summed E-state index contributed by atoms with van der Waals surface area (Å²) in [6, 6.07) is 4.80. The summed E-state index contributed by atoms with van der Waals surface area (Å²) in [4.78, 5) is 10.6. The number of ether oxygens (including phenoxy) is 1. The Morgan fingerprint density at radius 3 is 2.75 bits per heavy atom. The second-order valence-electron chi connectivity index (χ2n) is 3.65. The highest BCUT2D eigenvalue weighted by Gasteiger charge is 2.13. The first kappa shape index (κ1) is 12.5. The molecular formula is C12H17NO3. The lowest BCUT2D eigenvalue weighted by Gasteiger charge is -2.11. The SMILES string of the molecule is CCc1cc(CC(N)C(=O)O)ccc1OC. The number of benzene rings is 1. The van der Waals surface area contributed by atoms with E-state index in [2.05, 4.69) is 0 Å². The van der Waals surface area contributed by atoms with Gasteiger partial charge in [0.25, 0.3) is 0 Å². The number of carbonyl (C=O) groups is 1. The molecule has 1 aromatic carbocycles. The van der Waals surface area contributed by atoms with Crippen molar-refractivity contribution in [3.63, 3.8) is 0 Å². The lowest BCUT2D eigenvalue weighted by Crippen LogP contribution is -2.32. The van der Waals surface area contributed by atoms with Crippen LogP contribution in [0.4, 0.5) is 0 Å². The van der Waals surface area contributed by atoms with Crippen molar-refractivity contribution in [2.24, 2.45) is 5.73 Å². The van der Waals surface area contributed by atoms with Crippen LogP contribution in [0.2, 0.25) is 0 Å². The third-order valence-corrected chi connectivity index (χ3v) is 2.50. The lowest BCUT2D eigenvalue weighted by molar-refractivity contribution is -0.138. The summed E-state index contributed by atoms with van der Waals surface area (Å²) >= 11 is 0. The largest absolute Gasteiger partial charge is 0.496 e. The topological polar surface area (TPSA) is 72.6 Å². The van der Waals surface area contributed by atoms with Crippen LogP contribution in [0.15, 0.2) is 18.2 Å². The maximum absolute atomic E-state index is 10.6. The Hall–Kier alpha value is -1.55. The normalized spacial score (nSPS) is 12.2. The molecule has 0 bridgehead atoms. The number of aliphatic carboxylic acids is 1. The molecule has 4 heteroatoms. The number of carboxylic acids is 1. The van der Waals surface area contributed by atoms with Crippen LogP contribution in [0.5, 0.6) is 5.75 Å². The zero-order chi connectivity index (χ0) is 12.1. The van der Waals surface area contributed by atoms with Crippen LogP contribution in [0.1, 0.15) is 18.1 Å². The van der Waals surface area contributed by atoms with Crippen LogP contribution >= 0.6 is 0 Å². The molecule has 0 aliphatic heterocycles. The van der Waals surface area contributed by atoms with Crippen molar-refractivity contribution in [3.05, 3.63) is 29.3 Å². The zero-order valence-corrected chi connectivity index (χ0v) is 9.56. The Morgan fingerprint density at radius 2 is 2.25 bits per heavy atom. The summed E-state index contributed by atoms with van der Waals surface area (Å²) < 4.78 is 5.20. The molecule has 0 heterocycles. The summed E-state index contributed by atoms with van der Waals surface area (Å²) in [5.74, 6) is -0.149. The van der Waals surface area contributed by atoms with Crippen molar-refractivity contribution in [1.29, 1.82) is 0 Å². The van der Waals surface area contributed by atoms with Crippen LogP contribution in [-0.2, 0) is 17.6 Å². The Bertz CT molecular complexity index is 377. The molecule has 0 spiro atoms. The Kier molecular flexibility index (Phi) is 4.31. The van der Waals surface area contributed by atoms with E-state index in [1.807, 2.05) is 25.1 Å². The number of carboxylic acid groups (broad SMARTS) is 1. The molecule has 0 aliphatic carbocycles. The lowest BCUT2D eigenvalue weighted by atomic mass is 10.0. The molecule has 0 aliphatic rings. The maximum Gasteiger partial charge on any atom is 0.320 e. The van der Waals surface area contributed by atoms with E-state index >= 15 is 0 Å². The standard InChI is InChI=1S/C12H17NO3/c1-3-9-6-8(4-5-11(9)16-2)7-10(13)12(14)15/h4-6,10H,3,7,13H2,1-2H3,(H,14,15). The van der Waals surface area contributed by atoms with Gasteiger partial charge in [-0.15, -0.1) is 0 Å². The minimum absolute atomic E-state index is 0.340. The van der Waals surface area contributed by atoms with E-state index in [-0.39, 0.29) is 0 Å². The minimum atomic E-state index is -0.978. The van der Waals surface area contributed by atoms with Gasteiger partial charge in [0.05, 0.1) is 7.11 Å². The molecule has 88 valence electrons. The average molecular weight is 223 g/mol. The highest BCUT2D eigenvalue weighted by Crippen LogP contribution is 2.20. The van der Waals surface area contributed by atoms with Gasteiger partial charge in [-0.25, -0.2) is 0 Å². The quantitative estimate of drug-likeness (QED) is 0.787. The van der Waals surface area contributed by atoms with Gasteiger partial charge in [0.2, 0.25) is 0 Å². The smallest absolute Gasteiger partial charge is 0.320 e. The van der Waals surface area contributed by atoms with Gasteiger partial charge in [-0.3, -0.25) is 4.79 Å². The van der Waals surface area contributed by atoms with E-state index in [4.69, 9.17) is 15.6 Å². The maximum atomic E-state index is 10.6. The van der Waals surface area contributed by atoms with Crippen LogP contribution in [-0.4, -0.2) is 24.2 Å². The first-order valence-corrected chi connectivity index (χ1v) is 5.22. The third-order valence-electron chi connectivity index (χ3n) is 2.50. The van der Waals surface area contributed by atoms with Gasteiger partial charge in [0.1, 0.15) is 11.8 Å². The number of aryl methyl sites for hydroxylation is 1. The molecular weight excluding hydrogens is 206 g/mol. The van der Waals surface area contributed by atoms with Gasteiger partial charge >= 0.3 is 5.97 Å². The van der Waals surface area contributed by atoms with Crippen LogP contribution in [0.25, 0.3) is 0 Å². The molecule has 4 nitrogen and oxygen atoms in total. The fourth-order valence-electron chi connectivity index (χ4n) is 1.58. The van der Waals surface area contributed by atoms with Crippen molar-refractivity contribution in [2.45, 2.75) is 25.8 Å². The van der Waals surface area contributed by atoms with Gasteiger partial charge in [0, 0.05) is 0 Å². The summed E-state index contributed by atoms with van der Waals surface area (Å²) in [5, 5.41) is 8.72. The molecule has 16 heavy (non-hydrogen) atoms. The number of hydrogen-bond donors (Lipinski definition) is 2. The molecule has 0 amide bonds. The number of rotatable bonds is 5. The second-order valence-corrected chi connectivity index (χ2v) is 3.65. The number of methoxy groups -OCH3 is 1. The summed E-state index contributed by atoms with van der Waals surface area (Å²) in [6.07, 6.45) is 1.19. The average Bonchev–Trinajstić information content (AvgIpc) is 2.28. The van der Waals surface area contributed by atoms with E-state index in [9.17, 15) is 4.79 Å². The Morgan fingerprint density at radius 1 is 1.56 bits per heavy atom. The van der Waals surface area contributed by atoms with Crippen molar-refractivity contribution in [2.75, 3.05) is 7.11 Å². The van der Waals surface area contributed by atoms with Crippen LogP contribution in [0.3, 0.4) is 0 Å². The fourth-order valence-corrected chi connectivity index (χ4v) is 1.58. The molecule has 3 N–H and O–H groups in total. The first-order chi connectivity index (χ1) is 7.58. The molecule has 1 atom stereocenters. The van der Waals surface area contributed by atoms with E-state index in [0.717, 1.165) is 23.3 Å². The molecule has 0 saturated carbocycles. The number of nitrogens with two attached hydrogens (primary N) is 1. The molecule has 1 aromatic rings. The molecule has 1 unspecified atom stereocenters. The molecule has 0 fully saturated rings. The third kappa shape index (κ3) is 2.97. The first-order valence-electron chi connectivity index (χ1n) is 5.22. The predicted octanol–water partition coefficient (Wildman–Crippen LogP) is 1.21. The van der Waals surface area contributed by atoms with Crippen LogP contribution < -0.4 is 10.5 Å². The zero-order valence-electron chi connectivity index (χ0n) is 9.56. The van der Waals surface area contributed by atoms with Gasteiger partial charge in [0.15, 0.2) is 0 Å². The van der Waals surface area contributed by atoms with Crippen molar-refractivity contribution >= 4 is 5.97 Å². The van der Waals surface area contributed by atoms with Crippen LogP contribution in [0, 0.1) is 0 Å². The molecule has 0 saturated heterocycles. The van der Waals surface area contributed by atoms with Crippen molar-refractivity contribution in [3.8, 4) is 5.75 Å². The summed E-state index contributed by atoms with van der Waals surface area (Å²) in [5.41, 5.74) is 7.47. The van der Waals surface area contributed by atoms with E-state index in [0.29, 0.717) is 6.42 Å². The second kappa shape index (κ2) is 5.51. The Balaban J connectivity index is 2.86. The molecule has 1 rings (SSSR count). The molecule has 0 aromatic heterocycles. The predicted molar refractivity (Wildman–Crippen MR) is 61.7 cm³/mol. The summed E-state index contributed by atoms with van der Waals surface area (Å²) in [7, 11) is 1.62. The monoisotopic (exact) mass is 223 g/mol. The van der Waals surface area contributed by atoms with Gasteiger partial charge in [-0.05, 0) is 30.0 Å². The fraction of sp³-hybridized carbons (Fsp3) is 0.417. The number of hydrogen-bond acceptors (Lipinski definition) is 3.